The number of thiocarbonyl (C=S) groups is 1. The van der Waals surface area contributed by atoms with Gasteiger partial charge in [-0.1, -0.05) is 40.9 Å². The van der Waals surface area contributed by atoms with Crippen molar-refractivity contribution in [3.8, 4) is 0 Å². The maximum Gasteiger partial charge on any atom is 0.417 e. The number of nitrogens with one attached hydrogen (secondary N) is 2. The number of halogens is 6. The van der Waals surface area contributed by atoms with Gasteiger partial charge in [-0.3, -0.25) is 0 Å². The van der Waals surface area contributed by atoms with Crippen LogP contribution in [0.15, 0.2) is 36.4 Å². The number of anilines is 1. The van der Waals surface area contributed by atoms with E-state index in [2.05, 4.69) is 10.6 Å². The van der Waals surface area contributed by atoms with Crippen molar-refractivity contribution >= 4 is 69.6 Å². The third-order valence-corrected chi connectivity index (χ3v) is 5.66. The molecule has 0 aliphatic carbocycles. The Labute approximate surface area is 179 Å². The van der Waals surface area contributed by atoms with E-state index in [0.717, 1.165) is 23.1 Å². The van der Waals surface area contributed by atoms with Gasteiger partial charge in [-0.05, 0) is 48.1 Å². The van der Waals surface area contributed by atoms with Crippen molar-refractivity contribution in [2.75, 3.05) is 17.6 Å². The van der Waals surface area contributed by atoms with Gasteiger partial charge in [0.2, 0.25) is 0 Å². The number of hydrogen-bond acceptors (Lipinski definition) is 2. The molecule has 10 heteroatoms. The van der Waals surface area contributed by atoms with Gasteiger partial charge in [0.05, 0.1) is 20.6 Å². The predicted octanol–water partition coefficient (Wildman–Crippen LogP) is 6.89. The second-order valence-corrected chi connectivity index (χ2v) is 8.11. The van der Waals surface area contributed by atoms with Gasteiger partial charge in [0.15, 0.2) is 5.11 Å². The fraction of sp³-hybridized carbons (Fsp3) is 0.235. The molecule has 2 nitrogen and oxygen atoms in total. The topological polar surface area (TPSA) is 24.1 Å². The molecule has 0 saturated carbocycles. The summed E-state index contributed by atoms with van der Waals surface area (Å²) in [6, 6.07) is 9.01. The van der Waals surface area contributed by atoms with Crippen molar-refractivity contribution in [2.24, 2.45) is 0 Å². The predicted molar refractivity (Wildman–Crippen MR) is 113 cm³/mol. The Morgan fingerprint density at radius 2 is 1.70 bits per heavy atom. The molecule has 0 aliphatic heterocycles. The zero-order valence-electron chi connectivity index (χ0n) is 13.7. The first-order valence-electron chi connectivity index (χ1n) is 7.60. The van der Waals surface area contributed by atoms with Crippen LogP contribution in [0.1, 0.15) is 11.1 Å². The van der Waals surface area contributed by atoms with Gasteiger partial charge < -0.3 is 10.6 Å². The van der Waals surface area contributed by atoms with Gasteiger partial charge in [0.25, 0.3) is 0 Å². The smallest absolute Gasteiger partial charge is 0.362 e. The molecule has 2 rings (SSSR count). The number of hydrogen-bond donors (Lipinski definition) is 2. The molecule has 0 atom stereocenters. The van der Waals surface area contributed by atoms with E-state index in [-0.39, 0.29) is 15.8 Å². The van der Waals surface area contributed by atoms with Crippen LogP contribution in [0.25, 0.3) is 0 Å². The van der Waals surface area contributed by atoms with Crippen LogP contribution in [0.4, 0.5) is 18.9 Å². The second kappa shape index (κ2) is 10.1. The highest BCUT2D eigenvalue weighted by atomic mass is 35.5. The van der Waals surface area contributed by atoms with Crippen LogP contribution in [0.2, 0.25) is 15.1 Å². The molecule has 0 radical (unpaired) electrons. The average molecular weight is 474 g/mol. The Balaban J connectivity index is 1.76. The lowest BCUT2D eigenvalue weighted by Crippen LogP contribution is -2.30. The molecule has 0 fully saturated rings. The fourth-order valence-electron chi connectivity index (χ4n) is 2.05. The van der Waals surface area contributed by atoms with E-state index < -0.39 is 11.7 Å². The molecule has 27 heavy (non-hydrogen) atoms. The minimum Gasteiger partial charge on any atom is -0.362 e. The number of alkyl halides is 3. The van der Waals surface area contributed by atoms with E-state index in [9.17, 15) is 13.2 Å². The van der Waals surface area contributed by atoms with Crippen LogP contribution in [-0.2, 0) is 11.9 Å². The largest absolute Gasteiger partial charge is 0.417 e. The van der Waals surface area contributed by atoms with E-state index >= 15 is 0 Å². The van der Waals surface area contributed by atoms with Crippen molar-refractivity contribution in [3.05, 3.63) is 62.6 Å². The molecule has 0 unspecified atom stereocenters. The maximum absolute atomic E-state index is 12.9. The molecule has 2 aromatic carbocycles. The number of thioether (sulfide) groups is 1. The van der Waals surface area contributed by atoms with Gasteiger partial charge >= 0.3 is 6.18 Å². The first-order chi connectivity index (χ1) is 12.7. The minimum atomic E-state index is -4.52. The second-order valence-electron chi connectivity index (χ2n) is 5.37. The molecule has 2 N–H and O–H groups in total. The lowest BCUT2D eigenvalue weighted by Gasteiger charge is -2.14. The lowest BCUT2D eigenvalue weighted by molar-refractivity contribution is -0.137. The quantitative estimate of drug-likeness (QED) is 0.352. The first kappa shape index (κ1) is 22.4. The van der Waals surface area contributed by atoms with E-state index in [4.69, 9.17) is 47.0 Å². The SMILES string of the molecule is FC(F)(F)c1cc(NC(=S)NCCSCc2ccc(Cl)c(Cl)c2)ccc1Cl. The maximum atomic E-state index is 12.9. The molecule has 2 aromatic rings. The van der Waals surface area contributed by atoms with E-state index in [0.29, 0.717) is 16.6 Å². The molecule has 146 valence electrons. The van der Waals surface area contributed by atoms with Crippen LogP contribution in [0.3, 0.4) is 0 Å². The molecule has 0 bridgehead atoms. The Morgan fingerprint density at radius 3 is 2.37 bits per heavy atom. The highest BCUT2D eigenvalue weighted by Crippen LogP contribution is 2.36. The summed E-state index contributed by atoms with van der Waals surface area (Å²) >= 11 is 24.2. The molecule has 0 aromatic heterocycles. The van der Waals surface area contributed by atoms with Crippen LogP contribution < -0.4 is 10.6 Å². The zero-order chi connectivity index (χ0) is 20.0. The van der Waals surface area contributed by atoms with Crippen molar-refractivity contribution in [1.82, 2.24) is 5.32 Å². The van der Waals surface area contributed by atoms with Gasteiger partial charge in [0.1, 0.15) is 0 Å². The normalized spacial score (nSPS) is 11.3. The minimum absolute atomic E-state index is 0.215. The van der Waals surface area contributed by atoms with Crippen molar-refractivity contribution in [3.63, 3.8) is 0 Å². The van der Waals surface area contributed by atoms with Crippen molar-refractivity contribution < 1.29 is 13.2 Å². The Hall–Kier alpha value is -0.860. The summed E-state index contributed by atoms with van der Waals surface area (Å²) in [6.07, 6.45) is -4.52. The fourth-order valence-corrected chi connectivity index (χ4v) is 3.62. The van der Waals surface area contributed by atoms with Gasteiger partial charge in [0, 0.05) is 23.7 Å². The average Bonchev–Trinajstić information content (AvgIpc) is 2.58. The summed E-state index contributed by atoms with van der Waals surface area (Å²) in [4.78, 5) is 0. The van der Waals surface area contributed by atoms with Crippen LogP contribution in [0, 0.1) is 0 Å². The molecular weight excluding hydrogens is 460 g/mol. The van der Waals surface area contributed by atoms with Gasteiger partial charge in [-0.15, -0.1) is 0 Å². The van der Waals surface area contributed by atoms with E-state index in [1.165, 1.54) is 12.1 Å². The third kappa shape index (κ3) is 7.23. The van der Waals surface area contributed by atoms with Crippen LogP contribution >= 0.6 is 58.8 Å². The summed E-state index contributed by atoms with van der Waals surface area (Å²) in [7, 11) is 0. The van der Waals surface area contributed by atoms with Crippen molar-refractivity contribution in [1.29, 1.82) is 0 Å². The summed E-state index contributed by atoms with van der Waals surface area (Å²) in [5.41, 5.74) is 0.359. The summed E-state index contributed by atoms with van der Waals surface area (Å²) in [5.74, 6) is 1.50. The Bertz CT molecular complexity index is 816. The molecule has 0 spiro atoms. The third-order valence-electron chi connectivity index (χ3n) is 3.31. The summed E-state index contributed by atoms with van der Waals surface area (Å²) in [6.45, 7) is 0.553. The standard InChI is InChI=1S/C17H14Cl3F3N2S2/c18-13-4-2-11(8-12(13)17(21,22)23)25-16(26)24-5-6-27-9-10-1-3-14(19)15(20)7-10/h1-4,7-8H,5-6,9H2,(H2,24,25,26). The highest BCUT2D eigenvalue weighted by molar-refractivity contribution is 7.98. The lowest BCUT2D eigenvalue weighted by atomic mass is 10.2. The number of benzene rings is 2. The Morgan fingerprint density at radius 1 is 1.00 bits per heavy atom. The van der Waals surface area contributed by atoms with E-state index in [1.54, 1.807) is 17.8 Å². The Kier molecular flexibility index (Phi) is 8.37. The van der Waals surface area contributed by atoms with Gasteiger partial charge in [-0.25, -0.2) is 0 Å². The van der Waals surface area contributed by atoms with E-state index in [1.807, 2.05) is 12.1 Å². The van der Waals surface area contributed by atoms with Crippen LogP contribution in [-0.4, -0.2) is 17.4 Å². The van der Waals surface area contributed by atoms with Crippen LogP contribution in [0.5, 0.6) is 0 Å². The van der Waals surface area contributed by atoms with Crippen molar-refractivity contribution in [2.45, 2.75) is 11.9 Å². The summed E-state index contributed by atoms with van der Waals surface area (Å²) < 4.78 is 38.6. The monoisotopic (exact) mass is 472 g/mol. The highest BCUT2D eigenvalue weighted by Gasteiger charge is 2.33. The van der Waals surface area contributed by atoms with Gasteiger partial charge in [-0.2, -0.15) is 24.9 Å². The summed E-state index contributed by atoms with van der Waals surface area (Å²) in [5, 5.41) is 6.58. The molecule has 0 saturated heterocycles. The molecule has 0 heterocycles. The molecule has 0 aliphatic rings. The zero-order valence-corrected chi connectivity index (χ0v) is 17.6. The number of rotatable bonds is 6. The molecular formula is C17H14Cl3F3N2S2. The molecule has 0 amide bonds. The first-order valence-corrected chi connectivity index (χ1v) is 10.3.